The first-order valence-electron chi connectivity index (χ1n) is 6.47. The maximum Gasteiger partial charge on any atom is 0.133 e. The van der Waals surface area contributed by atoms with Gasteiger partial charge in [0, 0.05) is 11.4 Å². The minimum absolute atomic E-state index is 0.212. The fraction of sp³-hybridized carbons (Fsp3) is 0.250. The third-order valence-electron chi connectivity index (χ3n) is 2.93. The third-order valence-corrected chi connectivity index (χ3v) is 3.78. The number of aliphatic hydroxyl groups is 1. The first-order chi connectivity index (χ1) is 10.1. The molecule has 112 valence electrons. The summed E-state index contributed by atoms with van der Waals surface area (Å²) in [5, 5.41) is 10.7. The number of rotatable bonds is 6. The van der Waals surface area contributed by atoms with Gasteiger partial charge in [-0.15, -0.1) is 0 Å². The smallest absolute Gasteiger partial charge is 0.133 e. The molecular weight excluding hydrogens is 356 g/mol. The van der Waals surface area contributed by atoms with Gasteiger partial charge in [0.2, 0.25) is 0 Å². The van der Waals surface area contributed by atoms with Crippen molar-refractivity contribution < 1.29 is 14.6 Å². The number of hydrogen-bond donors (Lipinski definition) is 1. The van der Waals surface area contributed by atoms with Crippen molar-refractivity contribution in [2.45, 2.75) is 12.5 Å². The molecule has 0 radical (unpaired) electrons. The molecule has 0 fully saturated rings. The normalized spacial score (nSPS) is 12.0. The lowest BCUT2D eigenvalue weighted by atomic mass is 10.1. The Bertz CT molecular complexity index is 604. The van der Waals surface area contributed by atoms with E-state index < -0.39 is 6.10 Å². The molecule has 0 saturated carbocycles. The van der Waals surface area contributed by atoms with Crippen molar-refractivity contribution in [3.8, 4) is 11.5 Å². The predicted octanol–water partition coefficient (Wildman–Crippen LogP) is 4.09. The van der Waals surface area contributed by atoms with E-state index in [0.29, 0.717) is 17.2 Å². The summed E-state index contributed by atoms with van der Waals surface area (Å²) in [6, 6.07) is 12.8. The van der Waals surface area contributed by atoms with Crippen molar-refractivity contribution in [2.75, 3.05) is 13.7 Å². The summed E-state index contributed by atoms with van der Waals surface area (Å²) in [6.07, 6.45) is -0.0901. The molecule has 0 aliphatic heterocycles. The van der Waals surface area contributed by atoms with Crippen molar-refractivity contribution in [2.24, 2.45) is 0 Å². The average molecular weight is 372 g/mol. The quantitative estimate of drug-likeness (QED) is 0.831. The molecule has 1 atom stereocenters. The van der Waals surface area contributed by atoms with Crippen LogP contribution >= 0.6 is 27.5 Å². The van der Waals surface area contributed by atoms with Gasteiger partial charge in [0.05, 0.1) is 17.7 Å². The van der Waals surface area contributed by atoms with Gasteiger partial charge in [-0.3, -0.25) is 0 Å². The molecule has 0 spiro atoms. The molecular formula is C16H16BrClO3. The second-order valence-electron chi connectivity index (χ2n) is 4.60. The largest absolute Gasteiger partial charge is 0.496 e. The summed E-state index contributed by atoms with van der Waals surface area (Å²) in [5.74, 6) is 1.42. The Morgan fingerprint density at radius 2 is 2.05 bits per heavy atom. The molecule has 0 amide bonds. The van der Waals surface area contributed by atoms with Gasteiger partial charge < -0.3 is 14.6 Å². The zero-order valence-corrected chi connectivity index (χ0v) is 13.9. The Hall–Kier alpha value is -1.23. The van der Waals surface area contributed by atoms with E-state index in [-0.39, 0.29) is 6.61 Å². The highest BCUT2D eigenvalue weighted by atomic mass is 79.9. The molecule has 5 heteroatoms. The molecule has 0 bridgehead atoms. The first-order valence-corrected chi connectivity index (χ1v) is 7.64. The number of benzene rings is 2. The van der Waals surface area contributed by atoms with Crippen LogP contribution in [0.25, 0.3) is 0 Å². The van der Waals surface area contributed by atoms with E-state index in [1.807, 2.05) is 30.3 Å². The van der Waals surface area contributed by atoms with Crippen LogP contribution in [0.5, 0.6) is 11.5 Å². The van der Waals surface area contributed by atoms with E-state index in [1.165, 1.54) is 0 Å². The van der Waals surface area contributed by atoms with Crippen molar-refractivity contribution >= 4 is 27.5 Å². The van der Waals surface area contributed by atoms with Crippen LogP contribution in [0, 0.1) is 0 Å². The van der Waals surface area contributed by atoms with E-state index in [0.717, 1.165) is 15.8 Å². The molecule has 0 aliphatic carbocycles. The molecule has 2 rings (SSSR count). The van der Waals surface area contributed by atoms with Crippen LogP contribution in [0.15, 0.2) is 46.9 Å². The Morgan fingerprint density at radius 1 is 1.24 bits per heavy atom. The van der Waals surface area contributed by atoms with E-state index in [9.17, 15) is 5.11 Å². The van der Waals surface area contributed by atoms with Gasteiger partial charge in [-0.05, 0) is 51.8 Å². The average Bonchev–Trinajstić information content (AvgIpc) is 2.45. The highest BCUT2D eigenvalue weighted by molar-refractivity contribution is 9.10. The summed E-state index contributed by atoms with van der Waals surface area (Å²) < 4.78 is 11.6. The molecule has 2 aromatic rings. The summed E-state index contributed by atoms with van der Waals surface area (Å²) in [5.41, 5.74) is 1.00. The van der Waals surface area contributed by atoms with Gasteiger partial charge in [-0.1, -0.05) is 23.7 Å². The van der Waals surface area contributed by atoms with Gasteiger partial charge in [0.1, 0.15) is 18.1 Å². The number of hydrogen-bond acceptors (Lipinski definition) is 3. The SMILES string of the molecule is COc1ccc(CC(O)COc2cccc(Cl)c2)cc1Br. The van der Waals surface area contributed by atoms with Crippen LogP contribution in [0.2, 0.25) is 5.02 Å². The monoisotopic (exact) mass is 370 g/mol. The fourth-order valence-corrected chi connectivity index (χ4v) is 2.69. The molecule has 0 aliphatic rings. The molecule has 0 saturated heterocycles. The van der Waals surface area contributed by atoms with Gasteiger partial charge >= 0.3 is 0 Å². The maximum absolute atomic E-state index is 10.0. The minimum Gasteiger partial charge on any atom is -0.496 e. The Morgan fingerprint density at radius 3 is 2.71 bits per heavy atom. The highest BCUT2D eigenvalue weighted by Gasteiger charge is 2.09. The highest BCUT2D eigenvalue weighted by Crippen LogP contribution is 2.26. The lowest BCUT2D eigenvalue weighted by Gasteiger charge is -2.13. The molecule has 0 heterocycles. The van der Waals surface area contributed by atoms with Gasteiger partial charge in [-0.2, -0.15) is 0 Å². The topological polar surface area (TPSA) is 38.7 Å². The number of ether oxygens (including phenoxy) is 2. The third kappa shape index (κ3) is 4.92. The number of methoxy groups -OCH3 is 1. The number of halogens is 2. The van der Waals surface area contributed by atoms with Crippen LogP contribution in [0.3, 0.4) is 0 Å². The van der Waals surface area contributed by atoms with Gasteiger partial charge in [-0.25, -0.2) is 0 Å². The van der Waals surface area contributed by atoms with Crippen LogP contribution < -0.4 is 9.47 Å². The standard InChI is InChI=1S/C16H16BrClO3/c1-20-16-6-5-11(8-15(16)17)7-13(19)10-21-14-4-2-3-12(18)9-14/h2-6,8-9,13,19H,7,10H2,1H3. The predicted molar refractivity (Wildman–Crippen MR) is 87.4 cm³/mol. The van der Waals surface area contributed by atoms with Crippen LogP contribution in [-0.4, -0.2) is 24.9 Å². The molecule has 2 aromatic carbocycles. The Kier molecular flexibility index (Phi) is 5.91. The second-order valence-corrected chi connectivity index (χ2v) is 5.89. The van der Waals surface area contributed by atoms with Crippen LogP contribution in [0.4, 0.5) is 0 Å². The number of aliphatic hydroxyl groups excluding tert-OH is 1. The molecule has 21 heavy (non-hydrogen) atoms. The van der Waals surface area contributed by atoms with E-state index in [2.05, 4.69) is 15.9 Å². The molecule has 1 unspecified atom stereocenters. The van der Waals surface area contributed by atoms with Crippen LogP contribution in [0.1, 0.15) is 5.56 Å². The van der Waals surface area contributed by atoms with E-state index in [4.69, 9.17) is 21.1 Å². The van der Waals surface area contributed by atoms with Crippen molar-refractivity contribution in [1.82, 2.24) is 0 Å². The van der Waals surface area contributed by atoms with Crippen molar-refractivity contribution in [3.05, 3.63) is 57.5 Å². The summed E-state index contributed by atoms with van der Waals surface area (Å²) in [4.78, 5) is 0. The maximum atomic E-state index is 10.0. The second kappa shape index (κ2) is 7.69. The Balaban J connectivity index is 1.89. The van der Waals surface area contributed by atoms with E-state index in [1.54, 1.807) is 19.2 Å². The zero-order valence-electron chi connectivity index (χ0n) is 11.6. The lowest BCUT2D eigenvalue weighted by molar-refractivity contribution is 0.108. The summed E-state index contributed by atoms with van der Waals surface area (Å²) >= 11 is 9.30. The van der Waals surface area contributed by atoms with Crippen LogP contribution in [-0.2, 0) is 6.42 Å². The lowest BCUT2D eigenvalue weighted by Crippen LogP contribution is -2.20. The first kappa shape index (κ1) is 16.1. The van der Waals surface area contributed by atoms with Crippen molar-refractivity contribution in [1.29, 1.82) is 0 Å². The van der Waals surface area contributed by atoms with Crippen molar-refractivity contribution in [3.63, 3.8) is 0 Å². The fourth-order valence-electron chi connectivity index (χ4n) is 1.92. The zero-order chi connectivity index (χ0) is 15.2. The molecule has 0 aromatic heterocycles. The molecule has 3 nitrogen and oxygen atoms in total. The summed E-state index contributed by atoms with van der Waals surface area (Å²) in [7, 11) is 1.62. The summed E-state index contributed by atoms with van der Waals surface area (Å²) in [6.45, 7) is 0.212. The molecule has 1 N–H and O–H groups in total. The van der Waals surface area contributed by atoms with Gasteiger partial charge in [0.15, 0.2) is 0 Å². The van der Waals surface area contributed by atoms with E-state index >= 15 is 0 Å². The minimum atomic E-state index is -0.593. The van der Waals surface area contributed by atoms with Gasteiger partial charge in [0.25, 0.3) is 0 Å². The Labute approximate surface area is 137 Å².